The van der Waals surface area contributed by atoms with Crippen LogP contribution in [0.2, 0.25) is 0 Å². The van der Waals surface area contributed by atoms with Gasteiger partial charge in [0, 0.05) is 30.7 Å². The van der Waals surface area contributed by atoms with Crippen LogP contribution in [0.25, 0.3) is 5.95 Å². The molecule has 0 aromatic carbocycles. The SMILES string of the molecule is CCNc1nc(NC(C)CSCC)nc(-n2cccn2)n1. The minimum atomic E-state index is 0.289. The number of thioether (sulfide) groups is 1. The zero-order valence-electron chi connectivity index (χ0n) is 12.6. The number of aromatic nitrogens is 5. The van der Waals surface area contributed by atoms with Crippen molar-refractivity contribution >= 4 is 23.7 Å². The van der Waals surface area contributed by atoms with E-state index in [0.29, 0.717) is 17.8 Å². The first kappa shape index (κ1) is 15.6. The Morgan fingerprint density at radius 2 is 2.05 bits per heavy atom. The largest absolute Gasteiger partial charge is 0.354 e. The van der Waals surface area contributed by atoms with E-state index in [1.54, 1.807) is 10.9 Å². The van der Waals surface area contributed by atoms with E-state index in [1.165, 1.54) is 0 Å². The Labute approximate surface area is 129 Å². The maximum absolute atomic E-state index is 4.42. The molecule has 0 aliphatic rings. The molecule has 0 spiro atoms. The molecule has 0 amide bonds. The van der Waals surface area contributed by atoms with E-state index in [2.05, 4.69) is 44.5 Å². The Kier molecular flexibility index (Phi) is 5.79. The maximum atomic E-state index is 4.42. The Morgan fingerprint density at radius 3 is 2.71 bits per heavy atom. The molecule has 0 bridgehead atoms. The smallest absolute Gasteiger partial charge is 0.257 e. The molecule has 7 nitrogen and oxygen atoms in total. The van der Waals surface area contributed by atoms with Gasteiger partial charge in [0.05, 0.1) is 0 Å². The van der Waals surface area contributed by atoms with Gasteiger partial charge in [0.2, 0.25) is 11.9 Å². The molecular formula is C13H21N7S. The standard InChI is InChI=1S/C13H21N7S/c1-4-14-11-17-12(16-10(3)9-21-5-2)19-13(18-11)20-8-6-7-15-20/h6-8,10H,4-5,9H2,1-3H3,(H2,14,16,17,18,19). The van der Waals surface area contributed by atoms with Crippen LogP contribution in [0.4, 0.5) is 11.9 Å². The topological polar surface area (TPSA) is 80.5 Å². The van der Waals surface area contributed by atoms with Gasteiger partial charge in [0.25, 0.3) is 5.95 Å². The fraction of sp³-hybridized carbons (Fsp3) is 0.538. The molecule has 1 unspecified atom stereocenters. The highest BCUT2D eigenvalue weighted by atomic mass is 32.2. The minimum Gasteiger partial charge on any atom is -0.354 e. The molecule has 0 fully saturated rings. The Balaban J connectivity index is 2.19. The quantitative estimate of drug-likeness (QED) is 0.772. The van der Waals surface area contributed by atoms with Crippen LogP contribution in [0.15, 0.2) is 18.5 Å². The first-order chi connectivity index (χ1) is 10.2. The summed E-state index contributed by atoms with van der Waals surface area (Å²) in [4.78, 5) is 13.2. The van der Waals surface area contributed by atoms with Crippen LogP contribution in [0, 0.1) is 0 Å². The summed E-state index contributed by atoms with van der Waals surface area (Å²) in [6.07, 6.45) is 3.51. The van der Waals surface area contributed by atoms with Gasteiger partial charge in [-0.05, 0) is 25.7 Å². The van der Waals surface area contributed by atoms with E-state index < -0.39 is 0 Å². The predicted octanol–water partition coefficient (Wildman–Crippen LogP) is 2.04. The molecule has 0 aliphatic carbocycles. The highest BCUT2D eigenvalue weighted by Gasteiger charge is 2.10. The predicted molar refractivity (Wildman–Crippen MR) is 87.2 cm³/mol. The summed E-state index contributed by atoms with van der Waals surface area (Å²) in [6, 6.07) is 2.13. The molecule has 8 heteroatoms. The molecule has 0 radical (unpaired) electrons. The lowest BCUT2D eigenvalue weighted by Gasteiger charge is -2.14. The fourth-order valence-corrected chi connectivity index (χ4v) is 2.39. The van der Waals surface area contributed by atoms with Gasteiger partial charge in [-0.3, -0.25) is 0 Å². The van der Waals surface area contributed by atoms with E-state index in [9.17, 15) is 0 Å². The molecule has 0 saturated carbocycles. The zero-order valence-corrected chi connectivity index (χ0v) is 13.4. The second-order valence-electron chi connectivity index (χ2n) is 4.47. The number of anilines is 2. The van der Waals surface area contributed by atoms with Crippen LogP contribution in [-0.4, -0.2) is 48.8 Å². The molecule has 1 atom stereocenters. The molecule has 114 valence electrons. The summed E-state index contributed by atoms with van der Waals surface area (Å²) in [6.45, 7) is 7.03. The van der Waals surface area contributed by atoms with Crippen molar-refractivity contribution < 1.29 is 0 Å². The summed E-state index contributed by atoms with van der Waals surface area (Å²) in [5, 5.41) is 10.6. The van der Waals surface area contributed by atoms with Crippen molar-refractivity contribution in [1.82, 2.24) is 24.7 Å². The highest BCUT2D eigenvalue weighted by molar-refractivity contribution is 7.99. The van der Waals surface area contributed by atoms with Crippen LogP contribution >= 0.6 is 11.8 Å². The number of nitrogens with zero attached hydrogens (tertiary/aromatic N) is 5. The Hall–Kier alpha value is -1.83. The van der Waals surface area contributed by atoms with E-state index >= 15 is 0 Å². The summed E-state index contributed by atoms with van der Waals surface area (Å²) in [7, 11) is 0. The number of hydrogen-bond acceptors (Lipinski definition) is 7. The zero-order chi connectivity index (χ0) is 15.1. The monoisotopic (exact) mass is 307 g/mol. The summed E-state index contributed by atoms with van der Waals surface area (Å²) in [5.41, 5.74) is 0. The molecule has 2 rings (SSSR count). The molecule has 0 aliphatic heterocycles. The van der Waals surface area contributed by atoms with E-state index in [0.717, 1.165) is 18.1 Å². The van der Waals surface area contributed by atoms with Gasteiger partial charge in [0.1, 0.15) is 0 Å². The Morgan fingerprint density at radius 1 is 1.24 bits per heavy atom. The van der Waals surface area contributed by atoms with E-state index in [-0.39, 0.29) is 6.04 Å². The average Bonchev–Trinajstić information content (AvgIpc) is 2.99. The van der Waals surface area contributed by atoms with Crippen molar-refractivity contribution in [2.75, 3.05) is 28.7 Å². The number of hydrogen-bond donors (Lipinski definition) is 2. The van der Waals surface area contributed by atoms with Crippen molar-refractivity contribution in [3.63, 3.8) is 0 Å². The molecule has 2 heterocycles. The van der Waals surface area contributed by atoms with Crippen LogP contribution in [0.5, 0.6) is 0 Å². The van der Waals surface area contributed by atoms with E-state index in [1.807, 2.05) is 30.9 Å². The summed E-state index contributed by atoms with van der Waals surface area (Å²) in [5.74, 6) is 3.73. The fourth-order valence-electron chi connectivity index (χ4n) is 1.71. The van der Waals surface area contributed by atoms with Crippen molar-refractivity contribution in [3.05, 3.63) is 18.5 Å². The molecule has 2 aromatic rings. The van der Waals surface area contributed by atoms with Gasteiger partial charge < -0.3 is 10.6 Å². The van der Waals surface area contributed by atoms with Crippen molar-refractivity contribution in [2.24, 2.45) is 0 Å². The van der Waals surface area contributed by atoms with Crippen molar-refractivity contribution in [2.45, 2.75) is 26.8 Å². The third-order valence-corrected chi connectivity index (χ3v) is 3.76. The van der Waals surface area contributed by atoms with Gasteiger partial charge in [-0.15, -0.1) is 0 Å². The molecule has 2 aromatic heterocycles. The second-order valence-corrected chi connectivity index (χ2v) is 5.79. The maximum Gasteiger partial charge on any atom is 0.257 e. The van der Waals surface area contributed by atoms with E-state index in [4.69, 9.17) is 0 Å². The number of nitrogens with one attached hydrogen (secondary N) is 2. The summed E-state index contributed by atoms with van der Waals surface area (Å²) >= 11 is 1.89. The normalized spacial score (nSPS) is 12.1. The minimum absolute atomic E-state index is 0.289. The van der Waals surface area contributed by atoms with Gasteiger partial charge >= 0.3 is 0 Å². The average molecular weight is 307 g/mol. The lowest BCUT2D eigenvalue weighted by molar-refractivity contribution is 0.787. The lowest BCUT2D eigenvalue weighted by Crippen LogP contribution is -2.21. The Bertz CT molecular complexity index is 543. The summed E-state index contributed by atoms with van der Waals surface area (Å²) < 4.78 is 1.62. The molecular weight excluding hydrogens is 286 g/mol. The van der Waals surface area contributed by atoms with Crippen LogP contribution in [0.3, 0.4) is 0 Å². The number of rotatable bonds is 8. The second kappa shape index (κ2) is 7.82. The third-order valence-electron chi connectivity index (χ3n) is 2.62. The lowest BCUT2D eigenvalue weighted by atomic mass is 10.4. The third kappa shape index (κ3) is 4.59. The highest BCUT2D eigenvalue weighted by Crippen LogP contribution is 2.11. The first-order valence-electron chi connectivity index (χ1n) is 7.07. The van der Waals surface area contributed by atoms with Crippen LogP contribution in [0.1, 0.15) is 20.8 Å². The van der Waals surface area contributed by atoms with Crippen molar-refractivity contribution in [3.8, 4) is 5.95 Å². The molecule has 2 N–H and O–H groups in total. The van der Waals surface area contributed by atoms with Crippen molar-refractivity contribution in [1.29, 1.82) is 0 Å². The van der Waals surface area contributed by atoms with Gasteiger partial charge in [-0.1, -0.05) is 6.92 Å². The molecule has 0 saturated heterocycles. The van der Waals surface area contributed by atoms with Gasteiger partial charge in [-0.25, -0.2) is 4.68 Å². The van der Waals surface area contributed by atoms with Crippen LogP contribution in [-0.2, 0) is 0 Å². The van der Waals surface area contributed by atoms with Gasteiger partial charge in [-0.2, -0.15) is 31.8 Å². The molecule has 21 heavy (non-hydrogen) atoms. The van der Waals surface area contributed by atoms with Crippen LogP contribution < -0.4 is 10.6 Å². The first-order valence-corrected chi connectivity index (χ1v) is 8.22. The van der Waals surface area contributed by atoms with Gasteiger partial charge in [0.15, 0.2) is 0 Å².